The van der Waals surface area contributed by atoms with Crippen LogP contribution in [0, 0.1) is 11.3 Å². The number of amides is 1. The van der Waals surface area contributed by atoms with Crippen molar-refractivity contribution in [3.8, 4) is 17.6 Å². The third-order valence-corrected chi connectivity index (χ3v) is 4.95. The Kier molecular flexibility index (Phi) is 8.69. The number of aromatic nitrogens is 1. The fourth-order valence-electron chi connectivity index (χ4n) is 3.40. The molecule has 0 radical (unpaired) electrons. The Balaban J connectivity index is 1.65. The van der Waals surface area contributed by atoms with Crippen molar-refractivity contribution in [3.63, 3.8) is 0 Å². The Hall–Kier alpha value is -4.25. The molecule has 3 aromatic rings. The van der Waals surface area contributed by atoms with Crippen molar-refractivity contribution in [1.82, 2.24) is 10.3 Å². The zero-order valence-corrected chi connectivity index (χ0v) is 19.2. The van der Waals surface area contributed by atoms with Crippen LogP contribution in [0.2, 0.25) is 0 Å². The van der Waals surface area contributed by atoms with Crippen molar-refractivity contribution in [2.45, 2.75) is 20.3 Å². The minimum absolute atomic E-state index is 0.0263. The normalized spacial score (nSPS) is 11.0. The van der Waals surface area contributed by atoms with E-state index in [-0.39, 0.29) is 18.8 Å². The van der Waals surface area contributed by atoms with Gasteiger partial charge in [-0.1, -0.05) is 24.3 Å². The summed E-state index contributed by atoms with van der Waals surface area (Å²) in [6.45, 7) is 4.33. The van der Waals surface area contributed by atoms with E-state index in [0.717, 1.165) is 16.5 Å². The molecular weight excluding hydrogens is 434 g/mol. The Morgan fingerprint density at radius 1 is 1.09 bits per heavy atom. The minimum atomic E-state index is -0.481. The molecule has 0 saturated carbocycles. The lowest BCUT2D eigenvalue weighted by Crippen LogP contribution is -2.26. The summed E-state index contributed by atoms with van der Waals surface area (Å²) in [5, 5.41) is 13.4. The second-order valence-corrected chi connectivity index (χ2v) is 7.27. The summed E-state index contributed by atoms with van der Waals surface area (Å²) >= 11 is 0. The van der Waals surface area contributed by atoms with Gasteiger partial charge in [-0.3, -0.25) is 4.79 Å². The summed E-state index contributed by atoms with van der Waals surface area (Å²) in [5.74, 6) is -0.167. The zero-order valence-electron chi connectivity index (χ0n) is 19.2. The van der Waals surface area contributed by atoms with Gasteiger partial charge in [0.2, 0.25) is 0 Å². The van der Waals surface area contributed by atoms with E-state index in [1.165, 1.54) is 6.08 Å². The number of hydrogen-bond donors (Lipinski definition) is 2. The first-order chi connectivity index (χ1) is 16.5. The molecule has 0 unspecified atom stereocenters. The summed E-state index contributed by atoms with van der Waals surface area (Å²) in [6, 6.07) is 14.9. The van der Waals surface area contributed by atoms with Gasteiger partial charge in [0.1, 0.15) is 11.6 Å². The highest BCUT2D eigenvalue weighted by atomic mass is 16.6. The van der Waals surface area contributed by atoms with Crippen LogP contribution in [-0.4, -0.2) is 43.2 Å². The number of rotatable bonds is 11. The number of carbonyl (C=O) groups is 2. The maximum absolute atomic E-state index is 12.6. The molecule has 176 valence electrons. The average molecular weight is 462 g/mol. The number of H-pyrrole nitrogens is 1. The molecule has 3 rings (SSSR count). The number of ether oxygens (including phenoxy) is 3. The van der Waals surface area contributed by atoms with E-state index in [1.54, 1.807) is 25.1 Å². The van der Waals surface area contributed by atoms with E-state index in [4.69, 9.17) is 14.2 Å². The van der Waals surface area contributed by atoms with Crippen molar-refractivity contribution in [2.24, 2.45) is 0 Å². The van der Waals surface area contributed by atoms with Crippen LogP contribution in [-0.2, 0) is 20.7 Å². The number of para-hydroxylation sites is 1. The van der Waals surface area contributed by atoms with Gasteiger partial charge in [-0.15, -0.1) is 0 Å². The molecule has 0 aliphatic carbocycles. The highest BCUT2D eigenvalue weighted by Gasteiger charge is 2.13. The summed E-state index contributed by atoms with van der Waals surface area (Å²) in [4.78, 5) is 27.3. The fraction of sp³-hybridized carbons (Fsp3) is 0.269. The SMILES string of the molecule is CCOC(=O)COc1ccc(C=C(C#N)C(=O)NCCc2c[nH]c3ccccc23)cc1OCC. The van der Waals surface area contributed by atoms with Crippen LogP contribution >= 0.6 is 0 Å². The molecule has 2 N–H and O–H groups in total. The first kappa shape index (κ1) is 24.4. The van der Waals surface area contributed by atoms with Crippen LogP contribution in [0.3, 0.4) is 0 Å². The molecule has 34 heavy (non-hydrogen) atoms. The molecule has 0 bridgehead atoms. The lowest BCUT2D eigenvalue weighted by atomic mass is 10.1. The van der Waals surface area contributed by atoms with Gasteiger partial charge < -0.3 is 24.5 Å². The van der Waals surface area contributed by atoms with Gasteiger partial charge >= 0.3 is 5.97 Å². The molecule has 0 saturated heterocycles. The Bertz CT molecular complexity index is 1220. The van der Waals surface area contributed by atoms with Crippen molar-refractivity contribution in [3.05, 3.63) is 65.4 Å². The largest absolute Gasteiger partial charge is 0.490 e. The Morgan fingerprint density at radius 2 is 1.91 bits per heavy atom. The molecule has 2 aromatic carbocycles. The van der Waals surface area contributed by atoms with Crippen LogP contribution in [0.1, 0.15) is 25.0 Å². The number of nitrogens with one attached hydrogen (secondary N) is 2. The predicted molar refractivity (Wildman–Crippen MR) is 128 cm³/mol. The van der Waals surface area contributed by atoms with E-state index in [0.29, 0.717) is 36.6 Å². The first-order valence-electron chi connectivity index (χ1n) is 11.1. The van der Waals surface area contributed by atoms with Crippen molar-refractivity contribution in [2.75, 3.05) is 26.4 Å². The molecule has 0 aliphatic heterocycles. The van der Waals surface area contributed by atoms with Gasteiger partial charge in [-0.25, -0.2) is 4.79 Å². The maximum atomic E-state index is 12.6. The van der Waals surface area contributed by atoms with Crippen molar-refractivity contribution < 1.29 is 23.8 Å². The van der Waals surface area contributed by atoms with Crippen LogP contribution in [0.4, 0.5) is 0 Å². The molecule has 1 aromatic heterocycles. The quantitative estimate of drug-likeness (QED) is 0.255. The highest BCUT2D eigenvalue weighted by Crippen LogP contribution is 2.29. The number of benzene rings is 2. The second-order valence-electron chi connectivity index (χ2n) is 7.27. The second kappa shape index (κ2) is 12.1. The molecular formula is C26H27N3O5. The molecule has 1 amide bonds. The summed E-state index contributed by atoms with van der Waals surface area (Å²) in [7, 11) is 0. The number of nitrogens with zero attached hydrogens (tertiary/aromatic N) is 1. The summed E-state index contributed by atoms with van der Waals surface area (Å²) in [6.07, 6.45) is 4.05. The minimum Gasteiger partial charge on any atom is -0.490 e. The van der Waals surface area contributed by atoms with Gasteiger partial charge in [0.25, 0.3) is 5.91 Å². The number of aromatic amines is 1. The van der Waals surface area contributed by atoms with Crippen molar-refractivity contribution >= 4 is 28.9 Å². The lowest BCUT2D eigenvalue weighted by molar-refractivity contribution is -0.145. The van der Waals surface area contributed by atoms with Gasteiger partial charge in [0.05, 0.1) is 13.2 Å². The van der Waals surface area contributed by atoms with E-state index < -0.39 is 11.9 Å². The Labute approximate surface area is 198 Å². The number of hydrogen-bond acceptors (Lipinski definition) is 6. The highest BCUT2D eigenvalue weighted by molar-refractivity contribution is 6.01. The smallest absolute Gasteiger partial charge is 0.344 e. The molecule has 8 heteroatoms. The number of esters is 1. The van der Waals surface area contributed by atoms with Crippen LogP contribution in [0.5, 0.6) is 11.5 Å². The third-order valence-electron chi connectivity index (χ3n) is 4.95. The number of fused-ring (bicyclic) bond motifs is 1. The molecule has 8 nitrogen and oxygen atoms in total. The molecule has 0 spiro atoms. The zero-order chi connectivity index (χ0) is 24.3. The molecule has 0 fully saturated rings. The standard InChI is InChI=1S/C26H27N3O5/c1-3-32-24-14-18(9-10-23(24)34-17-25(30)33-4-2)13-20(15-27)26(31)28-12-11-19-16-29-22-8-6-5-7-21(19)22/h5-10,13-14,16,29H,3-4,11-12,17H2,1-2H3,(H,28,31). The number of nitriles is 1. The van der Waals surface area contributed by atoms with Crippen LogP contribution in [0.15, 0.2) is 54.2 Å². The van der Waals surface area contributed by atoms with Gasteiger partial charge in [-0.2, -0.15) is 5.26 Å². The van der Waals surface area contributed by atoms with E-state index in [2.05, 4.69) is 10.3 Å². The topological polar surface area (TPSA) is 113 Å². The molecule has 0 aliphatic rings. The van der Waals surface area contributed by atoms with E-state index >= 15 is 0 Å². The van der Waals surface area contributed by atoms with Crippen LogP contribution in [0.25, 0.3) is 17.0 Å². The molecule has 1 heterocycles. The van der Waals surface area contributed by atoms with E-state index in [9.17, 15) is 14.9 Å². The Morgan fingerprint density at radius 3 is 2.68 bits per heavy atom. The fourth-order valence-corrected chi connectivity index (χ4v) is 3.40. The third kappa shape index (κ3) is 6.39. The van der Waals surface area contributed by atoms with Crippen LogP contribution < -0.4 is 14.8 Å². The summed E-state index contributed by atoms with van der Waals surface area (Å²) in [5.41, 5.74) is 2.70. The number of carbonyl (C=O) groups excluding carboxylic acids is 2. The average Bonchev–Trinajstić information content (AvgIpc) is 3.25. The van der Waals surface area contributed by atoms with Gasteiger partial charge in [0.15, 0.2) is 18.1 Å². The predicted octanol–water partition coefficient (Wildman–Crippen LogP) is 3.77. The van der Waals surface area contributed by atoms with E-state index in [1.807, 2.05) is 43.5 Å². The van der Waals surface area contributed by atoms with Gasteiger partial charge in [0, 0.05) is 23.6 Å². The maximum Gasteiger partial charge on any atom is 0.344 e. The van der Waals surface area contributed by atoms with Gasteiger partial charge in [-0.05, 0) is 55.7 Å². The molecule has 0 atom stereocenters. The first-order valence-corrected chi connectivity index (χ1v) is 11.1. The monoisotopic (exact) mass is 461 g/mol. The summed E-state index contributed by atoms with van der Waals surface area (Å²) < 4.78 is 15.9. The van der Waals surface area contributed by atoms with Crippen molar-refractivity contribution in [1.29, 1.82) is 5.26 Å². The lowest BCUT2D eigenvalue weighted by Gasteiger charge is -2.12.